The molecular formula is C24H24N2O4S. The normalized spacial score (nSPS) is 15.3. The predicted molar refractivity (Wildman–Crippen MR) is 122 cm³/mol. The Morgan fingerprint density at radius 1 is 0.903 bits per heavy atom. The number of sulfonamides is 1. The molecule has 0 aromatic heterocycles. The second-order valence-corrected chi connectivity index (χ2v) is 9.41. The third-order valence-corrected chi connectivity index (χ3v) is 7.00. The van der Waals surface area contributed by atoms with Crippen molar-refractivity contribution in [2.45, 2.75) is 19.4 Å². The molecule has 3 aromatic carbocycles. The van der Waals surface area contributed by atoms with E-state index in [0.29, 0.717) is 42.3 Å². The monoisotopic (exact) mass is 436 g/mol. The lowest BCUT2D eigenvalue weighted by Crippen LogP contribution is -2.37. The molecule has 1 N–H and O–H groups in total. The van der Waals surface area contributed by atoms with Gasteiger partial charge in [0.25, 0.3) is 5.91 Å². The predicted octanol–water partition coefficient (Wildman–Crippen LogP) is 4.45. The van der Waals surface area contributed by atoms with Crippen LogP contribution in [-0.2, 0) is 16.6 Å². The number of hydrogen-bond donors (Lipinski definition) is 1. The van der Waals surface area contributed by atoms with Gasteiger partial charge in [-0.3, -0.25) is 9.10 Å². The van der Waals surface area contributed by atoms with Crippen molar-refractivity contribution in [3.63, 3.8) is 0 Å². The van der Waals surface area contributed by atoms with Crippen molar-refractivity contribution in [1.82, 2.24) is 0 Å². The maximum atomic E-state index is 12.6. The van der Waals surface area contributed by atoms with Crippen molar-refractivity contribution in [3.05, 3.63) is 90.0 Å². The average molecular weight is 437 g/mol. The minimum atomic E-state index is -3.26. The van der Waals surface area contributed by atoms with Crippen LogP contribution in [0.25, 0.3) is 0 Å². The first-order chi connectivity index (χ1) is 15.0. The fourth-order valence-electron chi connectivity index (χ4n) is 3.44. The van der Waals surface area contributed by atoms with E-state index in [-0.39, 0.29) is 11.7 Å². The largest absolute Gasteiger partial charge is 0.489 e. The number of amides is 1. The Labute approximate surface area is 182 Å². The highest BCUT2D eigenvalue weighted by molar-refractivity contribution is 7.92. The minimum Gasteiger partial charge on any atom is -0.489 e. The first-order valence-electron chi connectivity index (χ1n) is 10.2. The lowest BCUT2D eigenvalue weighted by molar-refractivity contribution is 0.102. The third-order valence-electron chi connectivity index (χ3n) is 5.13. The van der Waals surface area contributed by atoms with E-state index in [2.05, 4.69) is 5.32 Å². The molecule has 3 aromatic rings. The summed E-state index contributed by atoms with van der Waals surface area (Å²) >= 11 is 0. The summed E-state index contributed by atoms with van der Waals surface area (Å²) in [5, 5.41) is 2.85. The number of anilines is 2. The SMILES string of the molecule is O=C(Nc1ccc(OCc2ccccc2)cc1)c1ccc(N2CCCCS2(=O)=O)cc1. The van der Waals surface area contributed by atoms with Crippen molar-refractivity contribution in [2.24, 2.45) is 0 Å². The molecule has 6 nitrogen and oxygen atoms in total. The Morgan fingerprint density at radius 3 is 2.29 bits per heavy atom. The van der Waals surface area contributed by atoms with Crippen LogP contribution in [0, 0.1) is 0 Å². The Balaban J connectivity index is 1.35. The van der Waals surface area contributed by atoms with Crippen LogP contribution < -0.4 is 14.4 Å². The van der Waals surface area contributed by atoms with E-state index >= 15 is 0 Å². The molecule has 4 rings (SSSR count). The van der Waals surface area contributed by atoms with Gasteiger partial charge < -0.3 is 10.1 Å². The Kier molecular flexibility index (Phi) is 6.23. The first-order valence-corrected chi connectivity index (χ1v) is 11.8. The molecule has 1 heterocycles. The number of nitrogens with zero attached hydrogens (tertiary/aromatic N) is 1. The number of rotatable bonds is 6. The van der Waals surface area contributed by atoms with Gasteiger partial charge in [0.15, 0.2) is 0 Å². The van der Waals surface area contributed by atoms with Crippen molar-refractivity contribution < 1.29 is 17.9 Å². The van der Waals surface area contributed by atoms with Gasteiger partial charge in [-0.05, 0) is 66.9 Å². The van der Waals surface area contributed by atoms with Gasteiger partial charge in [0.1, 0.15) is 12.4 Å². The van der Waals surface area contributed by atoms with Crippen LogP contribution in [0.1, 0.15) is 28.8 Å². The first kappa shape index (κ1) is 20.9. The average Bonchev–Trinajstić information content (AvgIpc) is 2.79. The zero-order chi connectivity index (χ0) is 21.7. The van der Waals surface area contributed by atoms with E-state index in [1.165, 1.54) is 4.31 Å². The number of ether oxygens (including phenoxy) is 1. The fraction of sp³-hybridized carbons (Fsp3) is 0.208. The summed E-state index contributed by atoms with van der Waals surface area (Å²) in [5.74, 6) is 0.625. The molecule has 1 saturated heterocycles. The van der Waals surface area contributed by atoms with E-state index in [1.807, 2.05) is 42.5 Å². The molecule has 1 fully saturated rings. The molecule has 1 aliphatic rings. The van der Waals surface area contributed by atoms with E-state index in [4.69, 9.17) is 4.74 Å². The van der Waals surface area contributed by atoms with E-state index in [0.717, 1.165) is 12.0 Å². The summed E-state index contributed by atoms with van der Waals surface area (Å²) < 4.78 is 31.6. The van der Waals surface area contributed by atoms with Crippen molar-refractivity contribution >= 4 is 27.3 Å². The van der Waals surface area contributed by atoms with Crippen molar-refractivity contribution in [1.29, 1.82) is 0 Å². The molecule has 1 amide bonds. The molecule has 0 atom stereocenters. The number of hydrogen-bond acceptors (Lipinski definition) is 4. The van der Waals surface area contributed by atoms with E-state index < -0.39 is 10.0 Å². The summed E-state index contributed by atoms with van der Waals surface area (Å²) in [6.07, 6.45) is 1.53. The van der Waals surface area contributed by atoms with Gasteiger partial charge >= 0.3 is 0 Å². The van der Waals surface area contributed by atoms with Gasteiger partial charge in [-0.1, -0.05) is 30.3 Å². The van der Waals surface area contributed by atoms with Crippen LogP contribution in [0.15, 0.2) is 78.9 Å². The zero-order valence-electron chi connectivity index (χ0n) is 17.0. The Bertz CT molecular complexity index is 1130. The fourth-order valence-corrected chi connectivity index (χ4v) is 5.08. The molecule has 0 unspecified atom stereocenters. The maximum Gasteiger partial charge on any atom is 0.255 e. The van der Waals surface area contributed by atoms with Crippen molar-refractivity contribution in [2.75, 3.05) is 21.9 Å². The van der Waals surface area contributed by atoms with E-state index in [1.54, 1.807) is 36.4 Å². The summed E-state index contributed by atoms with van der Waals surface area (Å²) in [6.45, 7) is 0.957. The zero-order valence-corrected chi connectivity index (χ0v) is 17.8. The van der Waals surface area contributed by atoms with Gasteiger partial charge in [0, 0.05) is 17.8 Å². The molecular weight excluding hydrogens is 412 g/mol. The maximum absolute atomic E-state index is 12.6. The molecule has 0 bridgehead atoms. The smallest absolute Gasteiger partial charge is 0.255 e. The second-order valence-electron chi connectivity index (χ2n) is 7.39. The Hall–Kier alpha value is -3.32. The lowest BCUT2D eigenvalue weighted by Gasteiger charge is -2.28. The summed E-state index contributed by atoms with van der Waals surface area (Å²) in [5.41, 5.74) is 2.79. The molecule has 0 aliphatic carbocycles. The standard InChI is InChI=1S/C24H24N2O4S/c27-24(20-8-12-22(13-9-20)26-16-4-5-17-31(26,28)29)25-21-10-14-23(15-11-21)30-18-19-6-2-1-3-7-19/h1-3,6-15H,4-5,16-18H2,(H,25,27). The highest BCUT2D eigenvalue weighted by Crippen LogP contribution is 2.24. The van der Waals surface area contributed by atoms with Crippen LogP contribution in [-0.4, -0.2) is 26.6 Å². The van der Waals surface area contributed by atoms with Crippen LogP contribution in [0.2, 0.25) is 0 Å². The van der Waals surface area contributed by atoms with Crippen LogP contribution >= 0.6 is 0 Å². The lowest BCUT2D eigenvalue weighted by atomic mass is 10.2. The molecule has 1 aliphatic heterocycles. The summed E-state index contributed by atoms with van der Waals surface area (Å²) in [7, 11) is -3.26. The molecule has 7 heteroatoms. The molecule has 0 radical (unpaired) electrons. The van der Waals surface area contributed by atoms with Gasteiger partial charge in [0.05, 0.1) is 11.4 Å². The molecule has 0 saturated carbocycles. The minimum absolute atomic E-state index is 0.167. The third kappa shape index (κ3) is 5.24. The van der Waals surface area contributed by atoms with Crippen LogP contribution in [0.5, 0.6) is 5.75 Å². The Morgan fingerprint density at radius 2 is 1.61 bits per heavy atom. The second kappa shape index (κ2) is 9.22. The van der Waals surface area contributed by atoms with Gasteiger partial charge in [-0.25, -0.2) is 8.42 Å². The summed E-state index contributed by atoms with van der Waals surface area (Å²) in [4.78, 5) is 12.6. The highest BCUT2D eigenvalue weighted by atomic mass is 32.2. The number of nitrogens with one attached hydrogen (secondary N) is 1. The van der Waals surface area contributed by atoms with Crippen LogP contribution in [0.4, 0.5) is 11.4 Å². The molecule has 160 valence electrons. The molecule has 31 heavy (non-hydrogen) atoms. The van der Waals surface area contributed by atoms with Crippen LogP contribution in [0.3, 0.4) is 0 Å². The molecule has 0 spiro atoms. The number of carbonyl (C=O) groups excluding carboxylic acids is 1. The summed E-state index contributed by atoms with van der Waals surface area (Å²) in [6, 6.07) is 23.7. The quantitative estimate of drug-likeness (QED) is 0.620. The topological polar surface area (TPSA) is 75.7 Å². The number of benzene rings is 3. The van der Waals surface area contributed by atoms with Crippen molar-refractivity contribution in [3.8, 4) is 5.75 Å². The van der Waals surface area contributed by atoms with Gasteiger partial charge in [-0.15, -0.1) is 0 Å². The highest BCUT2D eigenvalue weighted by Gasteiger charge is 2.26. The van der Waals surface area contributed by atoms with Gasteiger partial charge in [0.2, 0.25) is 10.0 Å². The number of carbonyl (C=O) groups is 1. The van der Waals surface area contributed by atoms with E-state index in [9.17, 15) is 13.2 Å². The van der Waals surface area contributed by atoms with Gasteiger partial charge in [-0.2, -0.15) is 0 Å².